The SMILES string of the molecule is O=C1CCc2ccc(NC(=O)N[C@H]3CC[C@@H](c4ccccc4)C3)cc2N1. The van der Waals surface area contributed by atoms with Crippen LogP contribution in [0.1, 0.15) is 42.7 Å². The van der Waals surface area contributed by atoms with Gasteiger partial charge < -0.3 is 16.0 Å². The van der Waals surface area contributed by atoms with E-state index in [2.05, 4.69) is 40.2 Å². The topological polar surface area (TPSA) is 70.2 Å². The summed E-state index contributed by atoms with van der Waals surface area (Å²) in [5.74, 6) is 0.539. The number of amides is 3. The fourth-order valence-electron chi connectivity index (χ4n) is 3.94. The van der Waals surface area contributed by atoms with Gasteiger partial charge >= 0.3 is 6.03 Å². The van der Waals surface area contributed by atoms with Crippen LogP contribution in [0.3, 0.4) is 0 Å². The molecule has 2 aromatic carbocycles. The first-order valence-corrected chi connectivity index (χ1v) is 9.22. The number of fused-ring (bicyclic) bond motifs is 1. The van der Waals surface area contributed by atoms with Gasteiger partial charge in [-0.3, -0.25) is 4.79 Å². The van der Waals surface area contributed by atoms with Crippen LogP contribution in [0.2, 0.25) is 0 Å². The Morgan fingerprint density at radius 1 is 1.04 bits per heavy atom. The fourth-order valence-corrected chi connectivity index (χ4v) is 3.94. The van der Waals surface area contributed by atoms with Crippen LogP contribution >= 0.6 is 0 Å². The van der Waals surface area contributed by atoms with Crippen molar-refractivity contribution in [3.8, 4) is 0 Å². The number of hydrogen-bond acceptors (Lipinski definition) is 2. The van der Waals surface area contributed by atoms with E-state index in [1.807, 2.05) is 24.3 Å². The molecule has 0 spiro atoms. The molecule has 1 saturated carbocycles. The molecule has 3 amide bonds. The molecule has 5 nitrogen and oxygen atoms in total. The summed E-state index contributed by atoms with van der Waals surface area (Å²) in [6, 6.07) is 16.2. The van der Waals surface area contributed by atoms with Crippen molar-refractivity contribution in [1.29, 1.82) is 0 Å². The summed E-state index contributed by atoms with van der Waals surface area (Å²) < 4.78 is 0. The first kappa shape index (κ1) is 16.6. The summed E-state index contributed by atoms with van der Waals surface area (Å²) in [6.45, 7) is 0. The maximum atomic E-state index is 12.3. The zero-order valence-electron chi connectivity index (χ0n) is 14.6. The molecule has 134 valence electrons. The molecule has 1 aliphatic carbocycles. The molecule has 0 unspecified atom stereocenters. The van der Waals surface area contributed by atoms with E-state index >= 15 is 0 Å². The van der Waals surface area contributed by atoms with Gasteiger partial charge in [0.2, 0.25) is 5.91 Å². The number of anilines is 2. The maximum Gasteiger partial charge on any atom is 0.319 e. The molecule has 26 heavy (non-hydrogen) atoms. The van der Waals surface area contributed by atoms with Gasteiger partial charge in [0.25, 0.3) is 0 Å². The first-order valence-electron chi connectivity index (χ1n) is 9.22. The minimum absolute atomic E-state index is 0.0250. The van der Waals surface area contributed by atoms with Crippen LogP contribution in [0.25, 0.3) is 0 Å². The lowest BCUT2D eigenvalue weighted by Gasteiger charge is -2.18. The van der Waals surface area contributed by atoms with Gasteiger partial charge in [-0.05, 0) is 54.9 Å². The average Bonchev–Trinajstić information content (AvgIpc) is 3.10. The van der Waals surface area contributed by atoms with Gasteiger partial charge in [-0.15, -0.1) is 0 Å². The predicted molar refractivity (Wildman–Crippen MR) is 102 cm³/mol. The molecule has 1 aliphatic heterocycles. The third-order valence-corrected chi connectivity index (χ3v) is 5.30. The first-order chi connectivity index (χ1) is 12.7. The largest absolute Gasteiger partial charge is 0.335 e. The summed E-state index contributed by atoms with van der Waals surface area (Å²) in [5, 5.41) is 8.83. The molecule has 2 atom stereocenters. The molecule has 0 aromatic heterocycles. The van der Waals surface area contributed by atoms with Crippen molar-refractivity contribution < 1.29 is 9.59 Å². The highest BCUT2D eigenvalue weighted by molar-refractivity contribution is 5.96. The molecule has 0 radical (unpaired) electrons. The van der Waals surface area contributed by atoms with Gasteiger partial charge in [0.05, 0.1) is 0 Å². The molecule has 1 fully saturated rings. The predicted octanol–water partition coefficient (Wildman–Crippen LogP) is 4.03. The third kappa shape index (κ3) is 3.72. The molecular formula is C21H23N3O2. The van der Waals surface area contributed by atoms with E-state index in [0.717, 1.165) is 36.9 Å². The Morgan fingerprint density at radius 2 is 1.88 bits per heavy atom. The molecule has 5 heteroatoms. The van der Waals surface area contributed by atoms with Crippen LogP contribution in [-0.2, 0) is 11.2 Å². The second-order valence-corrected chi connectivity index (χ2v) is 7.14. The Kier molecular flexibility index (Phi) is 4.61. The van der Waals surface area contributed by atoms with E-state index in [4.69, 9.17) is 0 Å². The average molecular weight is 349 g/mol. The number of hydrogen-bond donors (Lipinski definition) is 3. The normalized spacial score (nSPS) is 21.6. The quantitative estimate of drug-likeness (QED) is 0.783. The summed E-state index contributed by atoms with van der Waals surface area (Å²) in [7, 11) is 0. The van der Waals surface area contributed by atoms with E-state index in [-0.39, 0.29) is 18.0 Å². The van der Waals surface area contributed by atoms with Crippen molar-refractivity contribution in [1.82, 2.24) is 5.32 Å². The third-order valence-electron chi connectivity index (χ3n) is 5.30. The van der Waals surface area contributed by atoms with E-state index < -0.39 is 0 Å². The Labute approximate surface area is 153 Å². The number of carbonyl (C=O) groups is 2. The maximum absolute atomic E-state index is 12.3. The second-order valence-electron chi connectivity index (χ2n) is 7.14. The zero-order chi connectivity index (χ0) is 17.9. The smallest absolute Gasteiger partial charge is 0.319 e. The monoisotopic (exact) mass is 349 g/mol. The molecule has 3 N–H and O–H groups in total. The lowest BCUT2D eigenvalue weighted by molar-refractivity contribution is -0.116. The zero-order valence-corrected chi connectivity index (χ0v) is 14.6. The van der Waals surface area contributed by atoms with E-state index in [9.17, 15) is 9.59 Å². The molecule has 2 aromatic rings. The van der Waals surface area contributed by atoms with E-state index in [1.54, 1.807) is 0 Å². The van der Waals surface area contributed by atoms with Gasteiger partial charge in [0.1, 0.15) is 0 Å². The Bertz CT molecular complexity index is 819. The number of rotatable bonds is 3. The summed E-state index contributed by atoms with van der Waals surface area (Å²) in [4.78, 5) is 23.9. The number of nitrogens with one attached hydrogen (secondary N) is 3. The number of aryl methyl sites for hydroxylation is 1. The van der Waals surface area contributed by atoms with Crippen molar-refractivity contribution in [2.75, 3.05) is 10.6 Å². The molecule has 1 heterocycles. The van der Waals surface area contributed by atoms with E-state index in [0.29, 0.717) is 18.0 Å². The molecule has 4 rings (SSSR count). The minimum Gasteiger partial charge on any atom is -0.335 e. The Morgan fingerprint density at radius 3 is 2.73 bits per heavy atom. The standard InChI is InChI=1S/C21H23N3O2/c25-20-11-8-15-6-9-18(13-19(15)24-20)23-21(26)22-17-10-7-16(12-17)14-4-2-1-3-5-14/h1-6,9,13,16-17H,7-8,10-12H2,(H,24,25)(H2,22,23,26)/t16-,17+/m1/s1. The lowest BCUT2D eigenvalue weighted by atomic mass is 9.98. The van der Waals surface area contributed by atoms with Crippen molar-refractivity contribution in [2.24, 2.45) is 0 Å². The summed E-state index contributed by atoms with van der Waals surface area (Å²) in [6.07, 6.45) is 4.33. The van der Waals surface area contributed by atoms with Crippen LogP contribution in [0, 0.1) is 0 Å². The molecule has 0 bridgehead atoms. The Balaban J connectivity index is 1.33. The highest BCUT2D eigenvalue weighted by Gasteiger charge is 2.27. The second kappa shape index (κ2) is 7.20. The lowest BCUT2D eigenvalue weighted by Crippen LogP contribution is -2.36. The van der Waals surface area contributed by atoms with Gasteiger partial charge in [0.15, 0.2) is 0 Å². The number of benzene rings is 2. The summed E-state index contributed by atoms with van der Waals surface area (Å²) >= 11 is 0. The van der Waals surface area contributed by atoms with Crippen molar-refractivity contribution in [3.63, 3.8) is 0 Å². The fraction of sp³-hybridized carbons (Fsp3) is 0.333. The highest BCUT2D eigenvalue weighted by atomic mass is 16.2. The van der Waals surface area contributed by atoms with Crippen LogP contribution in [0.15, 0.2) is 48.5 Å². The van der Waals surface area contributed by atoms with Crippen molar-refractivity contribution in [2.45, 2.75) is 44.1 Å². The highest BCUT2D eigenvalue weighted by Crippen LogP contribution is 2.34. The van der Waals surface area contributed by atoms with Gasteiger partial charge in [-0.25, -0.2) is 4.79 Å². The van der Waals surface area contributed by atoms with Crippen LogP contribution in [0.4, 0.5) is 16.2 Å². The van der Waals surface area contributed by atoms with Gasteiger partial charge in [0, 0.05) is 23.8 Å². The van der Waals surface area contributed by atoms with Crippen LogP contribution in [-0.4, -0.2) is 18.0 Å². The van der Waals surface area contributed by atoms with Crippen molar-refractivity contribution >= 4 is 23.3 Å². The molecule has 0 saturated heterocycles. The van der Waals surface area contributed by atoms with Crippen LogP contribution in [0.5, 0.6) is 0 Å². The van der Waals surface area contributed by atoms with E-state index in [1.165, 1.54) is 5.56 Å². The molecule has 2 aliphatic rings. The van der Waals surface area contributed by atoms with Gasteiger partial charge in [-0.1, -0.05) is 36.4 Å². The summed E-state index contributed by atoms with van der Waals surface area (Å²) in [5.41, 5.74) is 3.95. The van der Waals surface area contributed by atoms with Gasteiger partial charge in [-0.2, -0.15) is 0 Å². The van der Waals surface area contributed by atoms with Crippen LogP contribution < -0.4 is 16.0 Å². The molecular weight excluding hydrogens is 326 g/mol. The number of carbonyl (C=O) groups excluding carboxylic acids is 2. The Hall–Kier alpha value is -2.82. The van der Waals surface area contributed by atoms with Crippen molar-refractivity contribution in [3.05, 3.63) is 59.7 Å². The number of urea groups is 1. The minimum atomic E-state index is -0.189.